The minimum absolute atomic E-state index is 0.207. The molecule has 7 nitrogen and oxygen atoms in total. The van der Waals surface area contributed by atoms with E-state index in [-0.39, 0.29) is 12.2 Å². The number of carboxylic acids is 2. The third kappa shape index (κ3) is 6.91. The van der Waals surface area contributed by atoms with Gasteiger partial charge in [-0.2, -0.15) is 12.6 Å². The number of aliphatic carboxylic acids is 2. The van der Waals surface area contributed by atoms with Crippen molar-refractivity contribution in [1.29, 1.82) is 0 Å². The molecule has 0 aliphatic rings. The van der Waals surface area contributed by atoms with E-state index in [9.17, 15) is 19.5 Å². The SMILES string of the molecule is O=C(O)CCC(NC(=O)C(CS)Cc1ccccc1)(Nc1cccc(I)c1)C(=O)O. The lowest BCUT2D eigenvalue weighted by atomic mass is 9.97. The zero-order chi connectivity index (χ0) is 22.1. The van der Waals surface area contributed by atoms with E-state index in [0.29, 0.717) is 12.1 Å². The van der Waals surface area contributed by atoms with Crippen LogP contribution in [0, 0.1) is 9.49 Å². The van der Waals surface area contributed by atoms with E-state index >= 15 is 0 Å². The molecular weight excluding hydrogens is 519 g/mol. The Morgan fingerprint density at radius 2 is 1.77 bits per heavy atom. The molecule has 0 aromatic heterocycles. The fourth-order valence-electron chi connectivity index (χ4n) is 2.93. The minimum Gasteiger partial charge on any atom is -0.481 e. The summed E-state index contributed by atoms with van der Waals surface area (Å²) in [7, 11) is 0. The highest BCUT2D eigenvalue weighted by Gasteiger charge is 2.41. The number of carbonyl (C=O) groups is 3. The molecule has 0 saturated heterocycles. The molecule has 4 N–H and O–H groups in total. The summed E-state index contributed by atoms with van der Waals surface area (Å²) in [4.78, 5) is 36.4. The summed E-state index contributed by atoms with van der Waals surface area (Å²) >= 11 is 6.34. The van der Waals surface area contributed by atoms with Crippen molar-refractivity contribution >= 4 is 58.8 Å². The predicted molar refractivity (Wildman–Crippen MR) is 126 cm³/mol. The summed E-state index contributed by atoms with van der Waals surface area (Å²) in [6.07, 6.45) is -0.388. The van der Waals surface area contributed by atoms with Gasteiger partial charge < -0.3 is 20.8 Å². The number of rotatable bonds is 11. The van der Waals surface area contributed by atoms with Crippen molar-refractivity contribution in [1.82, 2.24) is 5.32 Å². The van der Waals surface area contributed by atoms with Gasteiger partial charge in [-0.15, -0.1) is 0 Å². The Kier molecular flexibility index (Phi) is 8.97. The molecule has 2 aromatic rings. The van der Waals surface area contributed by atoms with Gasteiger partial charge in [0.05, 0.1) is 5.92 Å². The quantitative estimate of drug-likeness (QED) is 0.169. The lowest BCUT2D eigenvalue weighted by Crippen LogP contribution is -2.61. The van der Waals surface area contributed by atoms with Crippen molar-refractivity contribution < 1.29 is 24.6 Å². The average Bonchev–Trinajstić information content (AvgIpc) is 2.70. The summed E-state index contributed by atoms with van der Waals surface area (Å²) in [5.41, 5.74) is -0.596. The zero-order valence-corrected chi connectivity index (χ0v) is 19.1. The number of halogens is 1. The number of thiol groups is 1. The number of nitrogens with one attached hydrogen (secondary N) is 2. The van der Waals surface area contributed by atoms with Crippen LogP contribution in [-0.4, -0.2) is 39.5 Å². The fraction of sp³-hybridized carbons (Fsp3) is 0.286. The van der Waals surface area contributed by atoms with E-state index < -0.39 is 35.8 Å². The van der Waals surface area contributed by atoms with Crippen LogP contribution in [0.5, 0.6) is 0 Å². The minimum atomic E-state index is -1.97. The number of carbonyl (C=O) groups excluding carboxylic acids is 1. The Bertz CT molecular complexity index is 896. The van der Waals surface area contributed by atoms with Crippen LogP contribution in [-0.2, 0) is 20.8 Å². The first-order valence-electron chi connectivity index (χ1n) is 9.21. The number of anilines is 1. The molecule has 2 aromatic carbocycles. The molecule has 1 amide bonds. The number of hydrogen-bond donors (Lipinski definition) is 5. The maximum absolute atomic E-state index is 13.0. The molecule has 0 spiro atoms. The Morgan fingerprint density at radius 3 is 2.33 bits per heavy atom. The van der Waals surface area contributed by atoms with Gasteiger partial charge in [0.1, 0.15) is 0 Å². The predicted octanol–water partition coefficient (Wildman–Crippen LogP) is 3.25. The average molecular weight is 542 g/mol. The Labute approximate surface area is 193 Å². The molecular formula is C21H23IN2O5S. The topological polar surface area (TPSA) is 116 Å². The normalized spacial score (nSPS) is 13.7. The summed E-state index contributed by atoms with van der Waals surface area (Å²) in [6, 6.07) is 16.3. The van der Waals surface area contributed by atoms with Crippen LogP contribution in [0.3, 0.4) is 0 Å². The van der Waals surface area contributed by atoms with Crippen molar-refractivity contribution in [3.8, 4) is 0 Å². The molecule has 0 fully saturated rings. The molecule has 0 saturated carbocycles. The molecule has 160 valence electrons. The van der Waals surface area contributed by atoms with E-state index in [4.69, 9.17) is 5.11 Å². The summed E-state index contributed by atoms with van der Waals surface area (Å²) in [5, 5.41) is 24.5. The first-order chi connectivity index (χ1) is 14.3. The number of hydrogen-bond acceptors (Lipinski definition) is 5. The van der Waals surface area contributed by atoms with Crippen LogP contribution in [0.2, 0.25) is 0 Å². The van der Waals surface area contributed by atoms with Gasteiger partial charge in [0.25, 0.3) is 0 Å². The van der Waals surface area contributed by atoms with Crippen molar-refractivity contribution in [2.24, 2.45) is 5.92 Å². The van der Waals surface area contributed by atoms with Crippen molar-refractivity contribution in [3.63, 3.8) is 0 Å². The van der Waals surface area contributed by atoms with E-state index in [1.807, 2.05) is 36.4 Å². The van der Waals surface area contributed by atoms with Gasteiger partial charge in [-0.1, -0.05) is 36.4 Å². The maximum Gasteiger partial charge on any atom is 0.350 e. The summed E-state index contributed by atoms with van der Waals surface area (Å²) < 4.78 is 0.860. The van der Waals surface area contributed by atoms with Crippen molar-refractivity contribution in [3.05, 3.63) is 63.7 Å². The monoisotopic (exact) mass is 542 g/mol. The second-order valence-corrected chi connectivity index (χ2v) is 8.41. The van der Waals surface area contributed by atoms with Crippen LogP contribution in [0.4, 0.5) is 5.69 Å². The van der Waals surface area contributed by atoms with E-state index in [0.717, 1.165) is 9.13 Å². The van der Waals surface area contributed by atoms with Crippen molar-refractivity contribution in [2.75, 3.05) is 11.1 Å². The van der Waals surface area contributed by atoms with Crippen LogP contribution >= 0.6 is 35.2 Å². The summed E-state index contributed by atoms with van der Waals surface area (Å²) in [6.45, 7) is 0. The third-order valence-electron chi connectivity index (χ3n) is 4.51. The van der Waals surface area contributed by atoms with Gasteiger partial charge in [-0.25, -0.2) is 4.79 Å². The van der Waals surface area contributed by atoms with Gasteiger partial charge in [0, 0.05) is 27.9 Å². The molecule has 9 heteroatoms. The molecule has 0 bridgehead atoms. The first-order valence-corrected chi connectivity index (χ1v) is 10.9. The molecule has 0 aliphatic carbocycles. The van der Waals surface area contributed by atoms with Crippen LogP contribution in [0.25, 0.3) is 0 Å². The molecule has 0 heterocycles. The molecule has 0 aliphatic heterocycles. The second kappa shape index (κ2) is 11.2. The lowest BCUT2D eigenvalue weighted by molar-refractivity contribution is -0.148. The van der Waals surface area contributed by atoms with Gasteiger partial charge in [-0.3, -0.25) is 9.59 Å². The maximum atomic E-state index is 13.0. The fourth-order valence-corrected chi connectivity index (χ4v) is 3.77. The first kappa shape index (κ1) is 24.0. The van der Waals surface area contributed by atoms with Crippen LogP contribution < -0.4 is 10.6 Å². The molecule has 30 heavy (non-hydrogen) atoms. The standard InChI is InChI=1S/C21H23IN2O5S/c22-16-7-4-8-17(12-16)23-21(20(28)29,10-9-18(25)26)24-19(27)15(13-30)11-14-5-2-1-3-6-14/h1-8,12,15,23,30H,9-11,13H2,(H,24,27)(H,25,26)(H,28,29). The highest BCUT2D eigenvalue weighted by molar-refractivity contribution is 14.1. The molecule has 0 radical (unpaired) electrons. The van der Waals surface area contributed by atoms with Crippen LogP contribution in [0.15, 0.2) is 54.6 Å². The van der Waals surface area contributed by atoms with Gasteiger partial charge in [0.15, 0.2) is 0 Å². The molecule has 2 atom stereocenters. The smallest absolute Gasteiger partial charge is 0.350 e. The van der Waals surface area contributed by atoms with Gasteiger partial charge in [-0.05, 0) is 52.8 Å². The van der Waals surface area contributed by atoms with Crippen molar-refractivity contribution in [2.45, 2.75) is 24.9 Å². The Hall–Kier alpha value is -2.27. The lowest BCUT2D eigenvalue weighted by Gasteiger charge is -2.33. The highest BCUT2D eigenvalue weighted by Crippen LogP contribution is 2.22. The van der Waals surface area contributed by atoms with Gasteiger partial charge in [0.2, 0.25) is 11.6 Å². The third-order valence-corrected chi connectivity index (χ3v) is 5.63. The van der Waals surface area contributed by atoms with E-state index in [1.165, 1.54) is 0 Å². The van der Waals surface area contributed by atoms with Crippen LogP contribution in [0.1, 0.15) is 18.4 Å². The highest BCUT2D eigenvalue weighted by atomic mass is 127. The second-order valence-electron chi connectivity index (χ2n) is 6.80. The van der Waals surface area contributed by atoms with E-state index in [2.05, 4.69) is 45.9 Å². The molecule has 2 unspecified atom stereocenters. The zero-order valence-electron chi connectivity index (χ0n) is 16.0. The number of benzene rings is 2. The largest absolute Gasteiger partial charge is 0.481 e. The number of carboxylic acid groups (broad SMARTS) is 2. The molecule has 2 rings (SSSR count). The Balaban J connectivity index is 2.30. The van der Waals surface area contributed by atoms with E-state index in [1.54, 1.807) is 18.2 Å². The summed E-state index contributed by atoms with van der Waals surface area (Å²) in [5.74, 6) is -3.42. The Morgan fingerprint density at radius 1 is 1.07 bits per heavy atom. The number of amides is 1. The van der Waals surface area contributed by atoms with Gasteiger partial charge >= 0.3 is 11.9 Å².